The Morgan fingerprint density at radius 3 is 1.00 bits per heavy atom. The lowest BCUT2D eigenvalue weighted by atomic mass is 9.84. The maximum absolute atomic E-state index is 10.4. The molecule has 1 rings (SSSR count). The van der Waals surface area contributed by atoms with E-state index in [1.54, 1.807) is 0 Å². The molecule has 0 saturated carbocycles. The number of aliphatic hydroxyl groups is 2. The fourth-order valence-corrected chi connectivity index (χ4v) is 6.96. The zero-order valence-corrected chi connectivity index (χ0v) is 32.1. The molecule has 2 atom stereocenters. The van der Waals surface area contributed by atoms with Gasteiger partial charge in [-0.25, -0.2) is 0 Å². The van der Waals surface area contributed by atoms with Crippen molar-refractivity contribution in [3.8, 4) is 0 Å². The number of unbranched alkanes of at least 4 members (excludes halogenated alkanes) is 16. The van der Waals surface area contributed by atoms with E-state index >= 15 is 0 Å². The summed E-state index contributed by atoms with van der Waals surface area (Å²) in [4.78, 5) is 4.85. The molecular formula is C40H82N2O5. The average molecular weight is 671 g/mol. The molecule has 7 heteroatoms. The molecule has 2 unspecified atom stereocenters. The van der Waals surface area contributed by atoms with Gasteiger partial charge in [0, 0.05) is 63.3 Å². The Bertz CT molecular complexity index is 617. The SMILES string of the molecule is CCCCCCCCCCCC(C)(CO)CN1CCOCCOCCN(CC(C)(CO)CCCCCCCCCCC)CCOCC1. The smallest absolute Gasteiger partial charge is 0.0701 e. The lowest BCUT2D eigenvalue weighted by Gasteiger charge is -2.35. The van der Waals surface area contributed by atoms with Crippen LogP contribution in [0.15, 0.2) is 0 Å². The van der Waals surface area contributed by atoms with Crippen LogP contribution in [-0.4, -0.2) is 112 Å². The Hall–Kier alpha value is -0.280. The summed E-state index contributed by atoms with van der Waals surface area (Å²) in [6, 6.07) is 0. The first-order valence-electron chi connectivity index (χ1n) is 20.3. The van der Waals surface area contributed by atoms with Crippen molar-refractivity contribution in [2.45, 2.75) is 156 Å². The Kier molecular flexibility index (Phi) is 29.1. The van der Waals surface area contributed by atoms with Crippen LogP contribution >= 0.6 is 0 Å². The molecule has 0 spiro atoms. The van der Waals surface area contributed by atoms with Crippen molar-refractivity contribution in [3.05, 3.63) is 0 Å². The summed E-state index contributed by atoms with van der Waals surface area (Å²) in [5.74, 6) is 0. The lowest BCUT2D eigenvalue weighted by Crippen LogP contribution is -2.42. The van der Waals surface area contributed by atoms with Crippen LogP contribution in [-0.2, 0) is 14.2 Å². The second kappa shape index (κ2) is 30.5. The fourth-order valence-electron chi connectivity index (χ4n) is 6.96. The normalized spacial score (nSPS) is 19.5. The molecule has 1 heterocycles. The molecule has 0 aromatic heterocycles. The molecule has 1 aliphatic heterocycles. The molecule has 282 valence electrons. The molecule has 1 saturated heterocycles. The Labute approximate surface area is 292 Å². The number of nitrogens with zero attached hydrogens (tertiary/aromatic N) is 2. The molecule has 0 aliphatic carbocycles. The predicted octanol–water partition coefficient (Wildman–Crippen LogP) is 8.49. The topological polar surface area (TPSA) is 74.6 Å². The van der Waals surface area contributed by atoms with Gasteiger partial charge >= 0.3 is 0 Å². The highest BCUT2D eigenvalue weighted by atomic mass is 16.5. The maximum atomic E-state index is 10.4. The van der Waals surface area contributed by atoms with Crippen molar-refractivity contribution >= 4 is 0 Å². The van der Waals surface area contributed by atoms with Crippen LogP contribution in [0.1, 0.15) is 156 Å². The number of hydrogen-bond acceptors (Lipinski definition) is 7. The van der Waals surface area contributed by atoms with Crippen molar-refractivity contribution in [1.29, 1.82) is 0 Å². The molecule has 7 nitrogen and oxygen atoms in total. The van der Waals surface area contributed by atoms with Crippen LogP contribution in [0.4, 0.5) is 0 Å². The Morgan fingerprint density at radius 2 is 0.702 bits per heavy atom. The first kappa shape index (κ1) is 44.7. The third-order valence-corrected chi connectivity index (χ3v) is 10.3. The van der Waals surface area contributed by atoms with Gasteiger partial charge in [-0.2, -0.15) is 0 Å². The summed E-state index contributed by atoms with van der Waals surface area (Å²) in [6.07, 6.45) is 26.0. The number of rotatable bonds is 26. The van der Waals surface area contributed by atoms with Gasteiger partial charge in [0.15, 0.2) is 0 Å². The minimum atomic E-state index is -0.104. The van der Waals surface area contributed by atoms with Gasteiger partial charge in [0.25, 0.3) is 0 Å². The lowest BCUT2D eigenvalue weighted by molar-refractivity contribution is 0.0172. The van der Waals surface area contributed by atoms with E-state index in [0.717, 1.165) is 52.1 Å². The van der Waals surface area contributed by atoms with Crippen LogP contribution in [0.5, 0.6) is 0 Å². The molecule has 0 amide bonds. The maximum Gasteiger partial charge on any atom is 0.0701 e. The standard InChI is InChI=1S/C40H82N2O5/c1-5-7-9-11-13-15-17-19-21-23-39(3,37-43)35-41-25-29-45-30-26-42(28-32-47-34-33-46-31-27-41)36-40(4,38-44)24-22-20-18-16-14-12-10-8-6-2/h43-44H,5-38H2,1-4H3. The third kappa shape index (κ3) is 25.3. The first-order chi connectivity index (χ1) is 22.9. The molecular weight excluding hydrogens is 588 g/mol. The van der Waals surface area contributed by atoms with Gasteiger partial charge in [0.2, 0.25) is 0 Å². The molecule has 1 aliphatic rings. The monoisotopic (exact) mass is 671 g/mol. The summed E-state index contributed by atoms with van der Waals surface area (Å²) < 4.78 is 18.1. The van der Waals surface area contributed by atoms with E-state index in [1.807, 2.05) is 0 Å². The number of hydrogen-bond donors (Lipinski definition) is 2. The first-order valence-corrected chi connectivity index (χ1v) is 20.3. The molecule has 2 N–H and O–H groups in total. The van der Waals surface area contributed by atoms with Gasteiger partial charge < -0.3 is 24.4 Å². The van der Waals surface area contributed by atoms with Gasteiger partial charge in [-0.3, -0.25) is 9.80 Å². The van der Waals surface area contributed by atoms with Crippen molar-refractivity contribution in [2.24, 2.45) is 10.8 Å². The van der Waals surface area contributed by atoms with Crippen LogP contribution < -0.4 is 0 Å². The van der Waals surface area contributed by atoms with Gasteiger partial charge in [0.05, 0.1) is 39.6 Å². The van der Waals surface area contributed by atoms with E-state index in [-0.39, 0.29) is 24.0 Å². The van der Waals surface area contributed by atoms with Crippen molar-refractivity contribution in [1.82, 2.24) is 9.80 Å². The number of ether oxygens (including phenoxy) is 3. The second-order valence-corrected chi connectivity index (χ2v) is 15.5. The summed E-state index contributed by atoms with van der Waals surface area (Å²) >= 11 is 0. The van der Waals surface area contributed by atoms with E-state index in [4.69, 9.17) is 14.2 Å². The fraction of sp³-hybridized carbons (Fsp3) is 1.00. The molecule has 0 radical (unpaired) electrons. The largest absolute Gasteiger partial charge is 0.396 e. The zero-order chi connectivity index (χ0) is 34.3. The third-order valence-electron chi connectivity index (χ3n) is 10.3. The van der Waals surface area contributed by atoms with E-state index < -0.39 is 0 Å². The quantitative estimate of drug-likeness (QED) is 0.0895. The van der Waals surface area contributed by atoms with Crippen molar-refractivity contribution in [2.75, 3.05) is 92.1 Å². The van der Waals surface area contributed by atoms with Crippen molar-refractivity contribution in [3.63, 3.8) is 0 Å². The van der Waals surface area contributed by atoms with E-state index in [1.165, 1.54) is 116 Å². The Balaban J connectivity index is 2.49. The highest BCUT2D eigenvalue weighted by Gasteiger charge is 2.27. The van der Waals surface area contributed by atoms with Crippen LogP contribution in [0, 0.1) is 10.8 Å². The molecule has 47 heavy (non-hydrogen) atoms. The summed E-state index contributed by atoms with van der Waals surface area (Å²) in [5, 5.41) is 20.8. The summed E-state index contributed by atoms with van der Waals surface area (Å²) in [5.41, 5.74) is -0.208. The molecule has 1 fully saturated rings. The predicted molar refractivity (Wildman–Crippen MR) is 199 cm³/mol. The summed E-state index contributed by atoms with van der Waals surface area (Å²) in [6.45, 7) is 18.5. The van der Waals surface area contributed by atoms with E-state index in [9.17, 15) is 10.2 Å². The molecule has 0 bridgehead atoms. The summed E-state index contributed by atoms with van der Waals surface area (Å²) in [7, 11) is 0. The number of aliphatic hydroxyl groups excluding tert-OH is 2. The second-order valence-electron chi connectivity index (χ2n) is 15.5. The van der Waals surface area contributed by atoms with Crippen LogP contribution in [0.3, 0.4) is 0 Å². The van der Waals surface area contributed by atoms with Crippen LogP contribution in [0.2, 0.25) is 0 Å². The minimum absolute atomic E-state index is 0.104. The minimum Gasteiger partial charge on any atom is -0.396 e. The van der Waals surface area contributed by atoms with Gasteiger partial charge in [-0.15, -0.1) is 0 Å². The highest BCUT2D eigenvalue weighted by molar-refractivity contribution is 4.80. The van der Waals surface area contributed by atoms with Crippen LogP contribution in [0.25, 0.3) is 0 Å². The van der Waals surface area contributed by atoms with E-state index in [2.05, 4.69) is 37.5 Å². The zero-order valence-electron chi connectivity index (χ0n) is 32.1. The Morgan fingerprint density at radius 1 is 0.426 bits per heavy atom. The molecule has 0 aromatic rings. The van der Waals surface area contributed by atoms with Crippen molar-refractivity contribution < 1.29 is 24.4 Å². The van der Waals surface area contributed by atoms with Gasteiger partial charge in [0.1, 0.15) is 0 Å². The molecule has 0 aromatic carbocycles. The van der Waals surface area contributed by atoms with Gasteiger partial charge in [-0.05, 0) is 12.8 Å². The average Bonchev–Trinajstić information content (AvgIpc) is 3.08. The van der Waals surface area contributed by atoms with E-state index in [0.29, 0.717) is 39.6 Å². The highest BCUT2D eigenvalue weighted by Crippen LogP contribution is 2.27. The van der Waals surface area contributed by atoms with Gasteiger partial charge in [-0.1, -0.05) is 143 Å².